The van der Waals surface area contributed by atoms with Crippen LogP contribution in [0, 0.1) is 0 Å². The Morgan fingerprint density at radius 3 is 2.52 bits per heavy atom. The summed E-state index contributed by atoms with van der Waals surface area (Å²) in [6.45, 7) is 0.546. The zero-order chi connectivity index (χ0) is 23.8. The number of rotatable bonds is 6. The number of hydrogen-bond donors (Lipinski definition) is 2. The molecule has 3 N–H and O–H groups in total. The molecule has 0 aliphatic carbocycles. The van der Waals surface area contributed by atoms with Crippen LogP contribution < -0.4 is 10.5 Å². The van der Waals surface area contributed by atoms with E-state index in [4.69, 9.17) is 17.3 Å². The first-order chi connectivity index (χ1) is 15.7. The minimum absolute atomic E-state index is 0.0414. The lowest BCUT2D eigenvalue weighted by atomic mass is 10.1. The summed E-state index contributed by atoms with van der Waals surface area (Å²) in [7, 11) is -3.97. The number of primary amides is 1. The largest absolute Gasteiger partial charge is 0.368 e. The van der Waals surface area contributed by atoms with Crippen LogP contribution in [0.25, 0.3) is 10.8 Å². The van der Waals surface area contributed by atoms with E-state index in [1.54, 1.807) is 24.3 Å². The maximum absolute atomic E-state index is 13.0. The molecular formula is C22H25ClN4O5S. The van der Waals surface area contributed by atoms with E-state index in [-0.39, 0.29) is 17.3 Å². The highest BCUT2D eigenvalue weighted by molar-refractivity contribution is 7.89. The molecule has 2 aromatic carbocycles. The van der Waals surface area contributed by atoms with Gasteiger partial charge in [0.15, 0.2) is 0 Å². The van der Waals surface area contributed by atoms with E-state index in [9.17, 15) is 22.8 Å². The van der Waals surface area contributed by atoms with Crippen LogP contribution in [0.15, 0.2) is 41.3 Å². The number of benzene rings is 2. The number of carbonyl (C=O) groups excluding carboxylic acids is 3. The predicted octanol–water partition coefficient (Wildman–Crippen LogP) is 1.24. The second-order valence-electron chi connectivity index (χ2n) is 8.38. The van der Waals surface area contributed by atoms with Gasteiger partial charge in [0.1, 0.15) is 12.1 Å². The monoisotopic (exact) mass is 492 g/mol. The van der Waals surface area contributed by atoms with Crippen molar-refractivity contribution in [3.8, 4) is 0 Å². The van der Waals surface area contributed by atoms with E-state index >= 15 is 0 Å². The van der Waals surface area contributed by atoms with Gasteiger partial charge >= 0.3 is 0 Å². The molecule has 33 heavy (non-hydrogen) atoms. The minimum atomic E-state index is -3.97. The summed E-state index contributed by atoms with van der Waals surface area (Å²) in [6, 6.07) is 8.17. The van der Waals surface area contributed by atoms with E-state index in [2.05, 4.69) is 4.72 Å². The Bertz CT molecular complexity index is 1220. The third-order valence-electron chi connectivity index (χ3n) is 6.14. The molecule has 2 aliphatic heterocycles. The molecule has 0 saturated carbocycles. The zero-order valence-corrected chi connectivity index (χ0v) is 19.4. The summed E-state index contributed by atoms with van der Waals surface area (Å²) in [5.41, 5.74) is 5.38. The van der Waals surface area contributed by atoms with Crippen LogP contribution in [0.4, 0.5) is 0 Å². The van der Waals surface area contributed by atoms with E-state index in [1.807, 2.05) is 0 Å². The number of nitrogens with one attached hydrogen (secondary N) is 1. The second-order valence-corrected chi connectivity index (χ2v) is 10.5. The van der Waals surface area contributed by atoms with E-state index in [1.165, 1.54) is 21.9 Å². The quantitative estimate of drug-likeness (QED) is 0.626. The van der Waals surface area contributed by atoms with Crippen LogP contribution in [0.1, 0.15) is 25.7 Å². The van der Waals surface area contributed by atoms with Gasteiger partial charge < -0.3 is 15.5 Å². The van der Waals surface area contributed by atoms with Gasteiger partial charge in [-0.15, -0.1) is 0 Å². The number of nitrogens with two attached hydrogens (primary N) is 1. The lowest BCUT2D eigenvalue weighted by molar-refractivity contribution is -0.144. The van der Waals surface area contributed by atoms with Crippen molar-refractivity contribution in [2.24, 2.45) is 5.73 Å². The topological polar surface area (TPSA) is 130 Å². The number of hydrogen-bond acceptors (Lipinski definition) is 5. The molecular weight excluding hydrogens is 468 g/mol. The normalized spacial score (nSPS) is 21.5. The van der Waals surface area contributed by atoms with Gasteiger partial charge in [-0.05, 0) is 60.7 Å². The van der Waals surface area contributed by atoms with E-state index < -0.39 is 33.9 Å². The number of sulfonamides is 1. The number of halogens is 1. The van der Waals surface area contributed by atoms with Gasteiger partial charge in [-0.3, -0.25) is 14.4 Å². The van der Waals surface area contributed by atoms with Gasteiger partial charge in [-0.1, -0.05) is 23.7 Å². The van der Waals surface area contributed by atoms with Crippen LogP contribution in [0.3, 0.4) is 0 Å². The van der Waals surface area contributed by atoms with E-state index in [0.29, 0.717) is 49.2 Å². The number of piperidine rings is 1. The number of likely N-dealkylation sites (tertiary alicyclic amines) is 2. The molecule has 0 aromatic heterocycles. The molecule has 0 radical (unpaired) electrons. The molecule has 4 rings (SSSR count). The van der Waals surface area contributed by atoms with Crippen molar-refractivity contribution in [1.29, 1.82) is 0 Å². The molecule has 0 bridgehead atoms. The molecule has 2 saturated heterocycles. The minimum Gasteiger partial charge on any atom is -0.368 e. The van der Waals surface area contributed by atoms with Crippen LogP contribution >= 0.6 is 11.6 Å². The molecule has 176 valence electrons. The zero-order valence-electron chi connectivity index (χ0n) is 17.9. The fourth-order valence-corrected chi connectivity index (χ4v) is 5.88. The standard InChI is InChI=1S/C22H25ClN4O5S/c23-16-7-5-15-12-17(8-6-14(15)11-16)33(31,32)25-18-3-1-9-26(22(18)30)13-20(28)27-10-2-4-19(27)21(24)29/h5-8,11-12,18-19,25H,1-4,9-10,13H2,(H2,24,29)/t18-,19-/m0/s1. The van der Waals surface area contributed by atoms with Crippen molar-refractivity contribution in [1.82, 2.24) is 14.5 Å². The maximum Gasteiger partial charge on any atom is 0.242 e. The first kappa shape index (κ1) is 23.5. The number of fused-ring (bicyclic) bond motifs is 1. The van der Waals surface area contributed by atoms with Gasteiger partial charge in [0.25, 0.3) is 0 Å². The molecule has 2 aliphatic rings. The van der Waals surface area contributed by atoms with Crippen molar-refractivity contribution in [2.45, 2.75) is 42.7 Å². The van der Waals surface area contributed by atoms with Gasteiger partial charge in [0.2, 0.25) is 27.7 Å². The summed E-state index contributed by atoms with van der Waals surface area (Å²) in [4.78, 5) is 40.1. The fraction of sp³-hybridized carbons (Fsp3) is 0.409. The molecule has 0 unspecified atom stereocenters. The van der Waals surface area contributed by atoms with Gasteiger partial charge in [-0.25, -0.2) is 8.42 Å². The fourth-order valence-electron chi connectivity index (χ4n) is 4.44. The highest BCUT2D eigenvalue weighted by Crippen LogP contribution is 2.24. The Kier molecular flexibility index (Phi) is 6.60. The molecule has 2 atom stereocenters. The second kappa shape index (κ2) is 9.28. The average molecular weight is 493 g/mol. The third kappa shape index (κ3) is 4.97. The van der Waals surface area contributed by atoms with Crippen LogP contribution in [0.5, 0.6) is 0 Å². The molecule has 0 spiro atoms. The van der Waals surface area contributed by atoms with Gasteiger partial charge in [0, 0.05) is 18.1 Å². The highest BCUT2D eigenvalue weighted by atomic mass is 35.5. The SMILES string of the molecule is NC(=O)[C@@H]1CCCN1C(=O)CN1CCC[C@H](NS(=O)(=O)c2ccc3cc(Cl)ccc3c2)C1=O. The summed E-state index contributed by atoms with van der Waals surface area (Å²) < 4.78 is 28.4. The Hall–Kier alpha value is -2.69. The Balaban J connectivity index is 1.46. The lowest BCUT2D eigenvalue weighted by Gasteiger charge is -2.33. The maximum atomic E-state index is 13.0. The number of nitrogens with zero attached hydrogens (tertiary/aromatic N) is 2. The van der Waals surface area contributed by atoms with E-state index in [0.717, 1.165) is 5.39 Å². The first-order valence-electron chi connectivity index (χ1n) is 10.7. The Morgan fingerprint density at radius 1 is 1.06 bits per heavy atom. The van der Waals surface area contributed by atoms with Crippen molar-refractivity contribution in [3.63, 3.8) is 0 Å². The van der Waals surface area contributed by atoms with Crippen LogP contribution in [0.2, 0.25) is 5.02 Å². The highest BCUT2D eigenvalue weighted by Gasteiger charge is 2.37. The number of carbonyl (C=O) groups is 3. The van der Waals surface area contributed by atoms with Crippen molar-refractivity contribution >= 4 is 50.1 Å². The van der Waals surface area contributed by atoms with Crippen molar-refractivity contribution < 1.29 is 22.8 Å². The first-order valence-corrected chi connectivity index (χ1v) is 12.6. The molecule has 2 fully saturated rings. The summed E-state index contributed by atoms with van der Waals surface area (Å²) in [6.07, 6.45) is 2.06. The van der Waals surface area contributed by atoms with Crippen molar-refractivity contribution in [2.75, 3.05) is 19.6 Å². The molecule has 3 amide bonds. The number of amides is 3. The molecule has 11 heteroatoms. The lowest BCUT2D eigenvalue weighted by Crippen LogP contribution is -2.55. The molecule has 9 nitrogen and oxygen atoms in total. The summed E-state index contributed by atoms with van der Waals surface area (Å²) >= 11 is 5.99. The smallest absolute Gasteiger partial charge is 0.242 e. The van der Waals surface area contributed by atoms with Crippen molar-refractivity contribution in [3.05, 3.63) is 41.4 Å². The Morgan fingerprint density at radius 2 is 1.76 bits per heavy atom. The molecule has 2 heterocycles. The van der Waals surface area contributed by atoms with Gasteiger partial charge in [0.05, 0.1) is 11.4 Å². The molecule has 2 aromatic rings. The summed E-state index contributed by atoms with van der Waals surface area (Å²) in [5.74, 6) is -1.38. The average Bonchev–Trinajstić information content (AvgIpc) is 3.26. The van der Waals surface area contributed by atoms with Crippen LogP contribution in [-0.4, -0.2) is 67.7 Å². The predicted molar refractivity (Wildman–Crippen MR) is 123 cm³/mol. The Labute approximate surface area is 196 Å². The van der Waals surface area contributed by atoms with Crippen LogP contribution in [-0.2, 0) is 24.4 Å². The third-order valence-corrected chi connectivity index (χ3v) is 7.84. The van der Waals surface area contributed by atoms with Gasteiger partial charge in [-0.2, -0.15) is 4.72 Å². The summed E-state index contributed by atoms with van der Waals surface area (Å²) in [5, 5.41) is 2.06.